The number of nitrogens with zero attached hydrogens (tertiary/aromatic N) is 5. The van der Waals surface area contributed by atoms with E-state index in [-0.39, 0.29) is 411 Å². The minimum absolute atomic E-state index is 0. The second-order valence-corrected chi connectivity index (χ2v) is 21.6. The van der Waals surface area contributed by atoms with Crippen LogP contribution in [0.1, 0.15) is 10.6 Å². The Morgan fingerprint density at radius 1 is 0.500 bits per heavy atom. The molecule has 8 aromatic carbocycles. The van der Waals surface area contributed by atoms with Crippen molar-refractivity contribution in [3.8, 4) is 32.4 Å². The third-order valence-corrected chi connectivity index (χ3v) is 15.9. The Morgan fingerprint density at radius 2 is 1.04 bits per heavy atom. The van der Waals surface area contributed by atoms with Crippen LogP contribution < -0.4 is 417 Å². The fraction of sp³-hybridized carbons (Fsp3) is 0.0182. The standard InChI is InChI=1S/C20H13N3S.C20H10N2S2.C8H5NS.C7H2S3.8K/c1-2-6-15(7-3-1)13-21-23-20-22-19(14-24-20)18-11-10-16-8-4-5-9-17(16)12-18;1-3-7-13(8-4-1)19-21-15-11-18-16(12-17(15)23-19)22-20(24-18)14-9-5-2-6-10-14;1-6-9-7-4-2-3-5-8(7)10-6;8-7-9-5-3-1-2-4-6(5)10-7;;;;;;;;/h1-2,4-5,7-14H,(H,22,23);1-10H;2-3H,1H3;1-2H;;;;;;;;/q4*-2;8*+1/b21-13+;;;;;;;;;;;. The molecule has 6 nitrogen and oxygen atoms in total. The quantitative estimate of drug-likeness (QED) is 0.0588. The third kappa shape index (κ3) is 23.3. The number of hydrogen-bond donors (Lipinski definition) is 1. The second-order valence-electron chi connectivity index (χ2n) is 14.4. The molecule has 0 amide bonds. The van der Waals surface area contributed by atoms with Crippen LogP contribution in [0.25, 0.3) is 83.2 Å². The molecule has 76 heavy (non-hydrogen) atoms. The van der Waals surface area contributed by atoms with Gasteiger partial charge in [0.15, 0.2) is 0 Å². The van der Waals surface area contributed by atoms with E-state index in [1.165, 1.54) is 22.1 Å². The Labute approximate surface area is 813 Å². The Hall–Kier alpha value is 6.41. The van der Waals surface area contributed by atoms with Crippen molar-refractivity contribution in [3.05, 3.63) is 213 Å². The fourth-order valence-electron chi connectivity index (χ4n) is 6.57. The van der Waals surface area contributed by atoms with Gasteiger partial charge in [-0.3, -0.25) is 84.3 Å². The van der Waals surface area contributed by atoms with Crippen LogP contribution in [0.2, 0.25) is 0 Å². The van der Waals surface area contributed by atoms with E-state index in [9.17, 15) is 0 Å². The first-order valence-corrected chi connectivity index (χ1v) is 26.1. The van der Waals surface area contributed by atoms with Gasteiger partial charge in [0.05, 0.1) is 20.7 Å². The van der Waals surface area contributed by atoms with Crippen molar-refractivity contribution in [1.82, 2.24) is 19.9 Å². The third-order valence-electron chi connectivity index (χ3n) is 9.68. The van der Waals surface area contributed by atoms with E-state index in [1.807, 2.05) is 97.2 Å². The number of fused-ring (bicyclic) bond motifs is 5. The van der Waals surface area contributed by atoms with Crippen molar-refractivity contribution in [2.45, 2.75) is 6.92 Å². The first-order chi connectivity index (χ1) is 33.5. The Kier molecular flexibility index (Phi) is 43.0. The molecule has 0 bridgehead atoms. The number of rotatable bonds is 6. The van der Waals surface area contributed by atoms with E-state index >= 15 is 0 Å². The van der Waals surface area contributed by atoms with Crippen LogP contribution in [0.5, 0.6) is 0 Å². The smallest absolute Gasteiger partial charge is 0.334 e. The molecule has 1 N–H and O–H groups in total. The zero-order chi connectivity index (χ0) is 46.1. The molecule has 0 radical (unpaired) electrons. The molecule has 0 saturated heterocycles. The maximum absolute atomic E-state index is 5.01. The maximum atomic E-state index is 5.01. The first kappa shape index (κ1) is 78.5. The van der Waals surface area contributed by atoms with Gasteiger partial charge in [-0.05, 0) is 23.8 Å². The summed E-state index contributed by atoms with van der Waals surface area (Å²) in [5.74, 6) is 0. The summed E-state index contributed by atoms with van der Waals surface area (Å²) >= 11 is 14.7. The zero-order valence-corrected chi connectivity index (χ0v) is 74.3. The van der Waals surface area contributed by atoms with Crippen LogP contribution in [0.15, 0.2) is 156 Å². The van der Waals surface area contributed by atoms with E-state index in [1.54, 1.807) is 69.0 Å². The topological polar surface area (TPSA) is 76.0 Å². The van der Waals surface area contributed by atoms with Crippen LogP contribution in [0, 0.1) is 58.6 Å². The van der Waals surface area contributed by atoms with E-state index < -0.39 is 0 Å². The number of aromatic nitrogens is 4. The summed E-state index contributed by atoms with van der Waals surface area (Å²) < 4.78 is 6.31. The number of hydrazone groups is 1. The number of benzene rings is 8. The number of hydrogen-bond acceptors (Lipinski definition) is 13. The maximum Gasteiger partial charge on any atom is 1.00 e. The monoisotopic (exact) mass is 1310 g/mol. The van der Waals surface area contributed by atoms with Gasteiger partial charge in [0.1, 0.15) is 3.14 Å². The van der Waals surface area contributed by atoms with Crippen LogP contribution in [0.4, 0.5) is 5.13 Å². The molecule has 5 aromatic heterocycles. The molecule has 0 fully saturated rings. The van der Waals surface area contributed by atoms with Gasteiger partial charge in [0, 0.05) is 22.1 Å². The second kappa shape index (κ2) is 41.7. The van der Waals surface area contributed by atoms with Gasteiger partial charge in [0.25, 0.3) is 0 Å². The number of thiazole rings is 4. The zero-order valence-electron chi connectivity index (χ0n) is 43.6. The first-order valence-electron chi connectivity index (χ1n) is 20.7. The molecule has 0 atom stereocenters. The predicted molar refractivity (Wildman–Crippen MR) is 292 cm³/mol. The molecule has 0 unspecified atom stereocenters. The van der Waals surface area contributed by atoms with Gasteiger partial charge in [-0.2, -0.15) is 23.5 Å². The van der Waals surface area contributed by atoms with Crippen LogP contribution in [0.3, 0.4) is 0 Å². The minimum Gasteiger partial charge on any atom is -0.334 e. The Bertz CT molecular complexity index is 3660. The fourth-order valence-corrected chi connectivity index (χ4v) is 12.2. The largest absolute Gasteiger partial charge is 1.00 e. The van der Waals surface area contributed by atoms with E-state index in [2.05, 4.69) is 124 Å². The van der Waals surface area contributed by atoms with Gasteiger partial charge in [-0.15, -0.1) is 27.9 Å². The van der Waals surface area contributed by atoms with Gasteiger partial charge in [-0.25, -0.2) is 72.3 Å². The number of aryl methyl sites for hydroxylation is 1. The van der Waals surface area contributed by atoms with Gasteiger partial charge in [0.2, 0.25) is 5.13 Å². The van der Waals surface area contributed by atoms with Crippen LogP contribution >= 0.6 is 80.2 Å². The molecular formula is C55H30K8N6S7. The Morgan fingerprint density at radius 3 is 1.61 bits per heavy atom. The molecule has 0 aliphatic carbocycles. The molecule has 0 aliphatic heterocycles. The Balaban J connectivity index is 0.000000357. The summed E-state index contributed by atoms with van der Waals surface area (Å²) in [6.07, 6.45) is 1.70. The van der Waals surface area contributed by atoms with E-state index in [4.69, 9.17) is 22.2 Å². The van der Waals surface area contributed by atoms with E-state index in [0.717, 1.165) is 91.3 Å². The van der Waals surface area contributed by atoms with Crippen molar-refractivity contribution in [3.63, 3.8) is 0 Å². The molecular weight excluding hydrogens is 1280 g/mol. The van der Waals surface area contributed by atoms with Crippen LogP contribution in [-0.2, 0) is 0 Å². The predicted octanol–water partition coefficient (Wildman–Crippen LogP) is -7.62. The van der Waals surface area contributed by atoms with Crippen molar-refractivity contribution in [1.29, 1.82) is 0 Å². The van der Waals surface area contributed by atoms with Gasteiger partial charge < -0.3 is 27.1 Å². The molecule has 0 saturated carbocycles. The van der Waals surface area contributed by atoms with Crippen molar-refractivity contribution < 1.29 is 411 Å². The summed E-state index contributed by atoms with van der Waals surface area (Å²) in [7, 11) is 0. The van der Waals surface area contributed by atoms with Crippen LogP contribution in [-0.4, -0.2) is 26.2 Å². The summed E-state index contributed by atoms with van der Waals surface area (Å²) in [6, 6.07) is 73.2. The molecule has 0 aliphatic rings. The van der Waals surface area contributed by atoms with Gasteiger partial charge in [-0.1, -0.05) is 115 Å². The average Bonchev–Trinajstić information content (AvgIpc) is 4.24. The summed E-state index contributed by atoms with van der Waals surface area (Å²) in [6.45, 7) is 1.99. The van der Waals surface area contributed by atoms with E-state index in [0.29, 0.717) is 0 Å². The summed E-state index contributed by atoms with van der Waals surface area (Å²) in [5.41, 5.74) is 10.8. The molecule has 0 spiro atoms. The van der Waals surface area contributed by atoms with Crippen molar-refractivity contribution in [2.24, 2.45) is 5.10 Å². The normalized spacial score (nSPS) is 9.86. The molecule has 13 aromatic rings. The molecule has 330 valence electrons. The summed E-state index contributed by atoms with van der Waals surface area (Å²) in [4.78, 5) is 18.3. The number of anilines is 1. The van der Waals surface area contributed by atoms with Crippen molar-refractivity contribution in [2.75, 3.05) is 5.43 Å². The molecule has 21 heteroatoms. The average molecular weight is 1310 g/mol. The number of nitrogens with one attached hydrogen (secondary N) is 1. The van der Waals surface area contributed by atoms with Crippen molar-refractivity contribution >= 4 is 142 Å². The minimum atomic E-state index is 0. The van der Waals surface area contributed by atoms with Gasteiger partial charge >= 0.3 is 411 Å². The molecule has 13 rings (SSSR count). The summed E-state index contributed by atoms with van der Waals surface area (Å²) in [5, 5.41) is 12.5. The SMILES string of the molecule is Cc1nc2[c-]cc[c-]c2s1.S=c1sc2[c-]cc[c-]c2s1.[K+].[K+].[K+].[K+].[K+].[K+].[K+].[K+].[c-]1c2nc(-c3ccccc3)sc2[c-]c2nc(-c3ccccc3)sc12.[c-]1cc[c-]c(/C=N/Nc2nc(-c3ccc4ccccc4c3)cs2)c1. The molecule has 5 heterocycles.